The van der Waals surface area contributed by atoms with Crippen molar-refractivity contribution >= 4 is 0 Å². The van der Waals surface area contributed by atoms with E-state index in [0.29, 0.717) is 0 Å². The molecule has 0 radical (unpaired) electrons. The molecule has 0 fully saturated rings. The molecule has 0 aliphatic rings. The summed E-state index contributed by atoms with van der Waals surface area (Å²) >= 11 is 0. The summed E-state index contributed by atoms with van der Waals surface area (Å²) in [6.45, 7) is 4.04. The minimum absolute atomic E-state index is 0.0439. The smallest absolute Gasteiger partial charge is 0.102 e. The van der Waals surface area contributed by atoms with Gasteiger partial charge in [0.05, 0.1) is 0 Å². The first kappa shape index (κ1) is 15.3. The molecule has 0 saturated heterocycles. The van der Waals surface area contributed by atoms with Crippen LogP contribution in [-0.4, -0.2) is 0 Å². The molecule has 0 aromatic heterocycles. The van der Waals surface area contributed by atoms with E-state index >= 15 is 0 Å². The molecule has 0 bridgehead atoms. The number of ether oxygens (including phenoxy) is 1. The van der Waals surface area contributed by atoms with Gasteiger partial charge in [0.1, 0.15) is 12.2 Å². The van der Waals surface area contributed by atoms with Gasteiger partial charge in [-0.05, 0) is 25.0 Å². The van der Waals surface area contributed by atoms with E-state index in [1.165, 1.54) is 11.1 Å². The van der Waals surface area contributed by atoms with Gasteiger partial charge in [-0.15, -0.1) is 0 Å². The summed E-state index contributed by atoms with van der Waals surface area (Å²) in [7, 11) is 0. The van der Waals surface area contributed by atoms with Crippen LogP contribution < -0.4 is 0 Å². The van der Waals surface area contributed by atoms with Crippen LogP contribution >= 0.6 is 0 Å². The molecule has 0 N–H and O–H groups in total. The zero-order valence-electron chi connectivity index (χ0n) is 12.6. The van der Waals surface area contributed by atoms with Crippen LogP contribution in [0.4, 0.5) is 0 Å². The van der Waals surface area contributed by atoms with Crippen LogP contribution in [0.1, 0.15) is 37.2 Å². The molecule has 1 nitrogen and oxygen atoms in total. The van der Waals surface area contributed by atoms with E-state index in [0.717, 1.165) is 0 Å². The lowest BCUT2D eigenvalue weighted by Crippen LogP contribution is -2.07. The maximum absolute atomic E-state index is 6.33. The number of hydrogen-bond acceptors (Lipinski definition) is 1. The molecule has 2 aromatic rings. The van der Waals surface area contributed by atoms with Crippen LogP contribution in [0.5, 0.6) is 0 Å². The van der Waals surface area contributed by atoms with Crippen LogP contribution in [0, 0.1) is 0 Å². The summed E-state index contributed by atoms with van der Waals surface area (Å²) in [6, 6.07) is 20.6. The fraction of sp³-hybridized carbons (Fsp3) is 0.200. The SMILES string of the molecule is CC=CC(OC(C=CC)c1ccccc1)c1ccccc1. The minimum Gasteiger partial charge on any atom is -0.357 e. The number of rotatable bonds is 6. The van der Waals surface area contributed by atoms with Crippen LogP contribution in [0.2, 0.25) is 0 Å². The van der Waals surface area contributed by atoms with E-state index in [9.17, 15) is 0 Å². The Balaban J connectivity index is 2.25. The molecule has 2 aromatic carbocycles. The van der Waals surface area contributed by atoms with Crippen molar-refractivity contribution in [1.82, 2.24) is 0 Å². The number of allylic oxidation sites excluding steroid dienone is 2. The Bertz CT molecular complexity index is 516. The van der Waals surface area contributed by atoms with Crippen molar-refractivity contribution in [2.75, 3.05) is 0 Å². The Morgan fingerprint density at radius 1 is 0.667 bits per heavy atom. The summed E-state index contributed by atoms with van der Waals surface area (Å²) in [5, 5.41) is 0. The minimum atomic E-state index is -0.0439. The van der Waals surface area contributed by atoms with E-state index < -0.39 is 0 Å². The Labute approximate surface area is 127 Å². The average Bonchev–Trinajstić information content (AvgIpc) is 2.55. The normalized spacial score (nSPS) is 14.6. The van der Waals surface area contributed by atoms with Gasteiger partial charge < -0.3 is 4.74 Å². The first-order chi connectivity index (χ1) is 10.3. The van der Waals surface area contributed by atoms with Crippen LogP contribution in [0.3, 0.4) is 0 Å². The van der Waals surface area contributed by atoms with Crippen molar-refractivity contribution in [3.8, 4) is 0 Å². The lowest BCUT2D eigenvalue weighted by Gasteiger charge is -2.21. The van der Waals surface area contributed by atoms with E-state index in [-0.39, 0.29) is 12.2 Å². The van der Waals surface area contributed by atoms with Gasteiger partial charge >= 0.3 is 0 Å². The van der Waals surface area contributed by atoms with E-state index in [1.807, 2.05) is 62.4 Å². The zero-order valence-corrected chi connectivity index (χ0v) is 12.6. The largest absolute Gasteiger partial charge is 0.357 e. The molecular weight excluding hydrogens is 256 g/mol. The molecule has 2 rings (SSSR count). The van der Waals surface area contributed by atoms with Crippen molar-refractivity contribution < 1.29 is 4.74 Å². The first-order valence-corrected chi connectivity index (χ1v) is 7.36. The van der Waals surface area contributed by atoms with Gasteiger partial charge in [-0.3, -0.25) is 0 Å². The van der Waals surface area contributed by atoms with Crippen molar-refractivity contribution in [1.29, 1.82) is 0 Å². The Kier molecular flexibility index (Phi) is 5.99. The average molecular weight is 278 g/mol. The lowest BCUT2D eigenvalue weighted by molar-refractivity contribution is 0.0397. The predicted octanol–water partition coefficient (Wildman–Crippen LogP) is 5.64. The van der Waals surface area contributed by atoms with Crippen molar-refractivity contribution in [2.45, 2.75) is 26.1 Å². The Morgan fingerprint density at radius 2 is 1.05 bits per heavy atom. The summed E-state index contributed by atoms with van der Waals surface area (Å²) in [6.07, 6.45) is 8.17. The zero-order chi connectivity index (χ0) is 14.9. The molecule has 2 atom stereocenters. The molecule has 2 unspecified atom stereocenters. The van der Waals surface area contributed by atoms with Gasteiger partial charge in [-0.1, -0.05) is 85.0 Å². The van der Waals surface area contributed by atoms with Gasteiger partial charge in [0, 0.05) is 0 Å². The summed E-state index contributed by atoms with van der Waals surface area (Å²) < 4.78 is 6.33. The maximum atomic E-state index is 6.33. The Morgan fingerprint density at radius 3 is 1.38 bits per heavy atom. The van der Waals surface area contributed by atoms with Gasteiger partial charge in [-0.25, -0.2) is 0 Å². The molecule has 0 aliphatic carbocycles. The first-order valence-electron chi connectivity index (χ1n) is 7.36. The molecular formula is C20H22O. The molecule has 0 saturated carbocycles. The highest BCUT2D eigenvalue weighted by Gasteiger charge is 2.15. The van der Waals surface area contributed by atoms with E-state index in [1.54, 1.807) is 0 Å². The quantitative estimate of drug-likeness (QED) is 0.621. The highest BCUT2D eigenvalue weighted by molar-refractivity contribution is 5.24. The van der Waals surface area contributed by atoms with Gasteiger partial charge in [0.2, 0.25) is 0 Å². The topological polar surface area (TPSA) is 9.23 Å². The standard InChI is InChI=1S/C20H22O/c1-3-11-19(17-13-7-5-8-14-17)21-20(12-4-2)18-15-9-6-10-16-18/h3-16,19-20H,1-2H3. The second kappa shape index (κ2) is 8.23. The number of benzene rings is 2. The highest BCUT2D eigenvalue weighted by atomic mass is 16.5. The molecule has 0 amide bonds. The van der Waals surface area contributed by atoms with Crippen LogP contribution in [0.25, 0.3) is 0 Å². The third-order valence-corrected chi connectivity index (χ3v) is 3.28. The van der Waals surface area contributed by atoms with Gasteiger partial charge in [0.15, 0.2) is 0 Å². The second-order valence-corrected chi connectivity index (χ2v) is 4.85. The van der Waals surface area contributed by atoms with Gasteiger partial charge in [0.25, 0.3) is 0 Å². The molecule has 0 spiro atoms. The van der Waals surface area contributed by atoms with Crippen LogP contribution in [0.15, 0.2) is 85.0 Å². The fourth-order valence-electron chi connectivity index (χ4n) is 2.26. The monoisotopic (exact) mass is 278 g/mol. The summed E-state index contributed by atoms with van der Waals surface area (Å²) in [5.41, 5.74) is 2.34. The fourth-order valence-corrected chi connectivity index (χ4v) is 2.26. The summed E-state index contributed by atoms with van der Waals surface area (Å²) in [4.78, 5) is 0. The third-order valence-electron chi connectivity index (χ3n) is 3.28. The van der Waals surface area contributed by atoms with Crippen LogP contribution in [-0.2, 0) is 4.74 Å². The second-order valence-electron chi connectivity index (χ2n) is 4.85. The molecule has 1 heteroatoms. The van der Waals surface area contributed by atoms with Crippen molar-refractivity contribution in [2.24, 2.45) is 0 Å². The number of hydrogen-bond donors (Lipinski definition) is 0. The summed E-state index contributed by atoms with van der Waals surface area (Å²) in [5.74, 6) is 0. The maximum Gasteiger partial charge on any atom is 0.102 e. The Hall–Kier alpha value is -2.12. The highest BCUT2D eigenvalue weighted by Crippen LogP contribution is 2.28. The van der Waals surface area contributed by atoms with E-state index in [4.69, 9.17) is 4.74 Å². The molecule has 21 heavy (non-hydrogen) atoms. The molecule has 0 aliphatic heterocycles. The van der Waals surface area contributed by atoms with Crippen molar-refractivity contribution in [3.63, 3.8) is 0 Å². The lowest BCUT2D eigenvalue weighted by atomic mass is 10.1. The van der Waals surface area contributed by atoms with Crippen molar-refractivity contribution in [3.05, 3.63) is 96.1 Å². The molecule has 0 heterocycles. The van der Waals surface area contributed by atoms with Gasteiger partial charge in [-0.2, -0.15) is 0 Å². The third kappa shape index (κ3) is 4.44. The predicted molar refractivity (Wildman–Crippen MR) is 89.1 cm³/mol. The van der Waals surface area contributed by atoms with E-state index in [2.05, 4.69) is 36.4 Å². The molecule has 108 valence electrons.